The number of carbonyl (C=O) groups is 1. The van der Waals surface area contributed by atoms with Crippen molar-refractivity contribution in [3.63, 3.8) is 0 Å². The Morgan fingerprint density at radius 2 is 1.84 bits per heavy atom. The molecule has 186 valence electrons. The van der Waals surface area contributed by atoms with Gasteiger partial charge in [-0.3, -0.25) is 15.6 Å². The van der Waals surface area contributed by atoms with Crippen molar-refractivity contribution < 1.29 is 19.0 Å². The Balaban J connectivity index is 1.55. The molecule has 3 aromatic carbocycles. The summed E-state index contributed by atoms with van der Waals surface area (Å²) in [5.74, 6) is -0.653. The Morgan fingerprint density at radius 3 is 2.59 bits per heavy atom. The SMILES string of the molecule is COCCOc1cc(C#N)ccc1C(=N)OC(=N)NC1N=C(c2ccccc2)c2ccccc2NC1=O. The van der Waals surface area contributed by atoms with Gasteiger partial charge in [0.25, 0.3) is 11.9 Å². The minimum Gasteiger partial charge on any atom is -0.490 e. The van der Waals surface area contributed by atoms with Gasteiger partial charge in [-0.25, -0.2) is 4.99 Å². The van der Waals surface area contributed by atoms with E-state index >= 15 is 0 Å². The number of para-hydroxylation sites is 1. The normalized spacial score (nSPS) is 14.2. The van der Waals surface area contributed by atoms with Crippen LogP contribution in [-0.4, -0.2) is 50.0 Å². The molecule has 0 fully saturated rings. The van der Waals surface area contributed by atoms with E-state index in [1.807, 2.05) is 54.6 Å². The molecule has 4 rings (SSSR count). The van der Waals surface area contributed by atoms with Gasteiger partial charge in [0.15, 0.2) is 0 Å². The topological polar surface area (TPSA) is 153 Å². The number of ether oxygens (including phenoxy) is 3. The molecule has 1 atom stereocenters. The molecule has 0 radical (unpaired) electrons. The van der Waals surface area contributed by atoms with Crippen molar-refractivity contribution in [1.29, 1.82) is 16.1 Å². The number of anilines is 1. The molecule has 0 bridgehead atoms. The minimum absolute atomic E-state index is 0.196. The number of amides is 1. The van der Waals surface area contributed by atoms with E-state index in [1.165, 1.54) is 25.3 Å². The largest absolute Gasteiger partial charge is 0.490 e. The van der Waals surface area contributed by atoms with E-state index in [9.17, 15) is 10.1 Å². The lowest BCUT2D eigenvalue weighted by molar-refractivity contribution is -0.117. The zero-order chi connectivity index (χ0) is 26.2. The van der Waals surface area contributed by atoms with Crippen molar-refractivity contribution in [2.45, 2.75) is 6.17 Å². The number of methoxy groups -OCH3 is 1. The highest BCUT2D eigenvalue weighted by Crippen LogP contribution is 2.24. The number of carbonyl (C=O) groups excluding carboxylic acids is 1. The third-order valence-electron chi connectivity index (χ3n) is 5.37. The van der Waals surface area contributed by atoms with Crippen molar-refractivity contribution in [3.05, 3.63) is 95.1 Å². The summed E-state index contributed by atoms with van der Waals surface area (Å²) in [4.78, 5) is 17.6. The number of nitrogens with one attached hydrogen (secondary N) is 4. The second kappa shape index (κ2) is 11.6. The molecule has 0 spiro atoms. The predicted molar refractivity (Wildman–Crippen MR) is 138 cm³/mol. The van der Waals surface area contributed by atoms with Crippen LogP contribution in [0, 0.1) is 22.1 Å². The smallest absolute Gasteiger partial charge is 0.290 e. The highest BCUT2D eigenvalue weighted by Gasteiger charge is 2.27. The van der Waals surface area contributed by atoms with E-state index in [1.54, 1.807) is 6.07 Å². The van der Waals surface area contributed by atoms with Crippen LogP contribution in [0.1, 0.15) is 22.3 Å². The zero-order valence-corrected chi connectivity index (χ0v) is 19.9. The number of benzene rings is 3. The van der Waals surface area contributed by atoms with Crippen LogP contribution in [0.2, 0.25) is 0 Å². The lowest BCUT2D eigenvalue weighted by Gasteiger charge is -2.17. The number of hydrogen-bond donors (Lipinski definition) is 4. The van der Waals surface area contributed by atoms with Gasteiger partial charge in [0, 0.05) is 18.2 Å². The molecule has 0 saturated carbocycles. The molecule has 0 aliphatic carbocycles. The molecule has 1 aliphatic heterocycles. The van der Waals surface area contributed by atoms with Gasteiger partial charge in [-0.2, -0.15) is 5.26 Å². The van der Waals surface area contributed by atoms with E-state index in [4.69, 9.17) is 25.0 Å². The van der Waals surface area contributed by atoms with Crippen LogP contribution in [0.15, 0.2) is 77.8 Å². The third-order valence-corrected chi connectivity index (χ3v) is 5.37. The molecule has 0 saturated heterocycles. The van der Waals surface area contributed by atoms with Gasteiger partial charge in [-0.15, -0.1) is 0 Å². The first kappa shape index (κ1) is 25.1. The monoisotopic (exact) mass is 496 g/mol. The number of nitriles is 1. The van der Waals surface area contributed by atoms with Crippen molar-refractivity contribution in [1.82, 2.24) is 5.32 Å². The predicted octanol–water partition coefficient (Wildman–Crippen LogP) is 3.27. The number of nitrogens with zero attached hydrogens (tertiary/aromatic N) is 2. The van der Waals surface area contributed by atoms with Crippen molar-refractivity contribution in [2.75, 3.05) is 25.6 Å². The second-order valence-corrected chi connectivity index (χ2v) is 7.85. The summed E-state index contributed by atoms with van der Waals surface area (Å²) in [6, 6.07) is 22.7. The number of hydrogen-bond acceptors (Lipinski definition) is 8. The number of benzodiazepines with no additional fused rings is 1. The molecule has 4 N–H and O–H groups in total. The van der Waals surface area contributed by atoms with Crippen LogP contribution in [0.25, 0.3) is 0 Å². The van der Waals surface area contributed by atoms with Crippen LogP contribution in [0.4, 0.5) is 5.69 Å². The van der Waals surface area contributed by atoms with Gasteiger partial charge in [0.2, 0.25) is 12.1 Å². The fourth-order valence-electron chi connectivity index (χ4n) is 3.63. The highest BCUT2D eigenvalue weighted by atomic mass is 16.5. The van der Waals surface area contributed by atoms with E-state index in [2.05, 4.69) is 15.6 Å². The van der Waals surface area contributed by atoms with Gasteiger partial charge in [-0.05, 0) is 24.3 Å². The standard InChI is InChI=1S/C27H24N6O4/c1-35-13-14-36-22-15-17(16-28)11-12-20(22)24(29)37-27(30)33-25-26(34)31-21-10-6-5-9-19(21)23(32-25)18-7-3-2-4-8-18/h2-12,15,25,29H,13-14H2,1H3,(H2,30,33)(H,31,34). The molecular formula is C27H24N6O4. The fraction of sp³-hybridized carbons (Fsp3) is 0.148. The van der Waals surface area contributed by atoms with Gasteiger partial charge >= 0.3 is 0 Å². The molecule has 37 heavy (non-hydrogen) atoms. The van der Waals surface area contributed by atoms with Crippen LogP contribution < -0.4 is 15.4 Å². The van der Waals surface area contributed by atoms with Crippen molar-refractivity contribution in [2.24, 2.45) is 4.99 Å². The summed E-state index contributed by atoms with van der Waals surface area (Å²) >= 11 is 0. The average Bonchev–Trinajstić information content (AvgIpc) is 3.05. The zero-order valence-electron chi connectivity index (χ0n) is 19.9. The maximum Gasteiger partial charge on any atom is 0.290 e. The summed E-state index contributed by atoms with van der Waals surface area (Å²) in [6.07, 6.45) is -1.19. The van der Waals surface area contributed by atoms with Gasteiger partial charge in [0.05, 0.1) is 35.2 Å². The maximum absolute atomic E-state index is 13.0. The Kier molecular flexibility index (Phi) is 7.88. The average molecular weight is 497 g/mol. The van der Waals surface area contributed by atoms with Crippen molar-refractivity contribution in [3.8, 4) is 11.8 Å². The first-order chi connectivity index (χ1) is 18.0. The number of aliphatic imine (C=N–C) groups is 1. The summed E-state index contributed by atoms with van der Waals surface area (Å²) in [5, 5.41) is 31.3. The van der Waals surface area contributed by atoms with Gasteiger partial charge in [0.1, 0.15) is 12.4 Å². The third kappa shape index (κ3) is 5.98. The molecule has 1 heterocycles. The molecular weight excluding hydrogens is 472 g/mol. The van der Waals surface area contributed by atoms with E-state index in [0.717, 1.165) is 11.1 Å². The summed E-state index contributed by atoms with van der Waals surface area (Å²) in [6.45, 7) is 0.504. The van der Waals surface area contributed by atoms with Crippen LogP contribution in [0.5, 0.6) is 5.75 Å². The molecule has 10 heteroatoms. The quantitative estimate of drug-likeness (QED) is 0.224. The molecule has 0 aromatic heterocycles. The second-order valence-electron chi connectivity index (χ2n) is 7.85. The van der Waals surface area contributed by atoms with Crippen molar-refractivity contribution >= 4 is 29.2 Å². The first-order valence-electron chi connectivity index (χ1n) is 11.3. The van der Waals surface area contributed by atoms with Crippen LogP contribution in [-0.2, 0) is 14.3 Å². The summed E-state index contributed by atoms with van der Waals surface area (Å²) < 4.78 is 16.0. The number of rotatable bonds is 7. The maximum atomic E-state index is 13.0. The Hall–Kier alpha value is -5.01. The highest BCUT2D eigenvalue weighted by molar-refractivity contribution is 6.19. The molecule has 10 nitrogen and oxygen atoms in total. The number of fused-ring (bicyclic) bond motifs is 1. The summed E-state index contributed by atoms with van der Waals surface area (Å²) in [7, 11) is 1.53. The molecule has 1 aliphatic rings. The lowest BCUT2D eigenvalue weighted by Crippen LogP contribution is -2.43. The lowest BCUT2D eigenvalue weighted by atomic mass is 10.0. The molecule has 1 unspecified atom stereocenters. The first-order valence-corrected chi connectivity index (χ1v) is 11.3. The van der Waals surface area contributed by atoms with Gasteiger partial charge < -0.3 is 24.8 Å². The van der Waals surface area contributed by atoms with E-state index in [-0.39, 0.29) is 17.9 Å². The van der Waals surface area contributed by atoms with Crippen LogP contribution >= 0.6 is 0 Å². The number of amidine groups is 1. The molecule has 1 amide bonds. The van der Waals surface area contributed by atoms with Gasteiger partial charge in [-0.1, -0.05) is 48.5 Å². The summed E-state index contributed by atoms with van der Waals surface area (Å²) in [5.41, 5.74) is 3.27. The fourth-order valence-corrected chi connectivity index (χ4v) is 3.63. The molecule has 3 aromatic rings. The van der Waals surface area contributed by atoms with E-state index in [0.29, 0.717) is 23.6 Å². The van der Waals surface area contributed by atoms with Crippen LogP contribution in [0.3, 0.4) is 0 Å². The Morgan fingerprint density at radius 1 is 1.08 bits per heavy atom. The Labute approximate surface area is 213 Å². The van der Waals surface area contributed by atoms with E-state index < -0.39 is 24.0 Å². The minimum atomic E-state index is -1.19. The Bertz CT molecular complexity index is 1400.